The van der Waals surface area contributed by atoms with E-state index in [1.54, 1.807) is 0 Å². The summed E-state index contributed by atoms with van der Waals surface area (Å²) in [6, 6.07) is 7.49. The van der Waals surface area contributed by atoms with Crippen molar-refractivity contribution >= 4 is 0 Å². The Morgan fingerprint density at radius 3 is 1.69 bits per heavy atom. The standard InChI is InChI=1S/C36H27F11O5/c1-2-3-4-9-33-16-48-35(49-17-33,50-18-33)21-6-8-23(26(38)13-21)19-5-7-24(25(37)10-19)20-11-27(39)31(28(40)12-20)34(43,44)51-22-14-29(41)32(30(42)15-22)52-36(45,46)47/h5-8,10-15H,2-4,9,16-18H2,1H3. The van der Waals surface area contributed by atoms with Gasteiger partial charge in [-0.1, -0.05) is 50.5 Å². The van der Waals surface area contributed by atoms with Gasteiger partial charge in [0.15, 0.2) is 11.6 Å². The molecule has 5 nitrogen and oxygen atoms in total. The largest absolute Gasteiger partial charge is 0.573 e. The van der Waals surface area contributed by atoms with Gasteiger partial charge in [-0.15, -0.1) is 13.2 Å². The summed E-state index contributed by atoms with van der Waals surface area (Å²) >= 11 is 0. The molecular formula is C36H27F11O5. The third-order valence-corrected chi connectivity index (χ3v) is 8.70. The van der Waals surface area contributed by atoms with Crippen LogP contribution in [0.5, 0.6) is 11.5 Å². The monoisotopic (exact) mass is 748 g/mol. The maximum Gasteiger partial charge on any atom is 0.573 e. The van der Waals surface area contributed by atoms with Crippen LogP contribution in [0.3, 0.4) is 0 Å². The number of benzene rings is 4. The molecule has 3 heterocycles. The van der Waals surface area contributed by atoms with Gasteiger partial charge >= 0.3 is 18.4 Å². The first-order valence-corrected chi connectivity index (χ1v) is 15.8. The highest BCUT2D eigenvalue weighted by Gasteiger charge is 2.53. The number of ether oxygens (including phenoxy) is 5. The van der Waals surface area contributed by atoms with Crippen molar-refractivity contribution in [2.45, 2.75) is 51.1 Å². The quantitative estimate of drug-likeness (QED) is 0.113. The number of rotatable bonds is 11. The number of fused-ring (bicyclic) bond motifs is 3. The van der Waals surface area contributed by atoms with Crippen LogP contribution in [0.15, 0.2) is 60.7 Å². The van der Waals surface area contributed by atoms with E-state index in [1.807, 2.05) is 0 Å². The lowest BCUT2D eigenvalue weighted by Gasteiger charge is -2.52. The lowest BCUT2D eigenvalue weighted by molar-refractivity contribution is -0.480. The zero-order valence-electron chi connectivity index (χ0n) is 26.9. The Balaban J connectivity index is 1.19. The number of hydrogen-bond donors (Lipinski definition) is 0. The van der Waals surface area contributed by atoms with Crippen molar-refractivity contribution in [1.82, 2.24) is 0 Å². The van der Waals surface area contributed by atoms with E-state index < -0.39 is 81.5 Å². The van der Waals surface area contributed by atoms with Crippen LogP contribution in [0, 0.1) is 40.3 Å². The van der Waals surface area contributed by atoms with Crippen LogP contribution >= 0.6 is 0 Å². The summed E-state index contributed by atoms with van der Waals surface area (Å²) in [5, 5.41) is 0. The predicted molar refractivity (Wildman–Crippen MR) is 161 cm³/mol. The Kier molecular flexibility index (Phi) is 9.95. The number of unbranched alkanes of at least 4 members (excludes halogenated alkanes) is 2. The Hall–Kier alpha value is -4.41. The molecule has 3 aliphatic heterocycles. The number of hydrogen-bond acceptors (Lipinski definition) is 5. The maximum atomic E-state index is 15.4. The third-order valence-electron chi connectivity index (χ3n) is 8.70. The van der Waals surface area contributed by atoms with Crippen LogP contribution in [-0.2, 0) is 26.3 Å². The Morgan fingerprint density at radius 2 is 1.15 bits per heavy atom. The van der Waals surface area contributed by atoms with E-state index in [4.69, 9.17) is 14.2 Å². The summed E-state index contributed by atoms with van der Waals surface area (Å²) in [7, 11) is 0. The van der Waals surface area contributed by atoms with Gasteiger partial charge < -0.3 is 23.7 Å². The van der Waals surface area contributed by atoms with Crippen LogP contribution in [0.25, 0.3) is 22.3 Å². The van der Waals surface area contributed by atoms with Crippen molar-refractivity contribution in [3.05, 3.63) is 107 Å². The molecule has 0 aromatic heterocycles. The van der Waals surface area contributed by atoms with E-state index >= 15 is 8.78 Å². The van der Waals surface area contributed by atoms with Crippen LogP contribution in [0.2, 0.25) is 0 Å². The molecule has 0 N–H and O–H groups in total. The van der Waals surface area contributed by atoms with E-state index in [-0.39, 0.29) is 34.2 Å². The molecule has 0 unspecified atom stereocenters. The fourth-order valence-electron chi connectivity index (χ4n) is 6.08. The summed E-state index contributed by atoms with van der Waals surface area (Å²) < 4.78 is 181. The van der Waals surface area contributed by atoms with Gasteiger partial charge in [-0.2, -0.15) is 8.78 Å². The second-order valence-corrected chi connectivity index (χ2v) is 12.5. The van der Waals surface area contributed by atoms with E-state index in [0.29, 0.717) is 32.0 Å². The van der Waals surface area contributed by atoms with Gasteiger partial charge in [0.1, 0.15) is 34.6 Å². The first-order valence-electron chi connectivity index (χ1n) is 15.8. The molecule has 0 radical (unpaired) electrons. The molecule has 52 heavy (non-hydrogen) atoms. The topological polar surface area (TPSA) is 46.2 Å². The molecule has 4 aromatic carbocycles. The third kappa shape index (κ3) is 7.41. The number of halogens is 11. The van der Waals surface area contributed by atoms with Gasteiger partial charge in [0.25, 0.3) is 0 Å². The molecule has 278 valence electrons. The minimum absolute atomic E-state index is 0.0106. The van der Waals surface area contributed by atoms with E-state index in [1.165, 1.54) is 18.2 Å². The van der Waals surface area contributed by atoms with Gasteiger partial charge in [-0.05, 0) is 41.8 Å². The van der Waals surface area contributed by atoms with E-state index in [2.05, 4.69) is 16.4 Å². The highest BCUT2D eigenvalue weighted by Crippen LogP contribution is 2.47. The summed E-state index contributed by atoms with van der Waals surface area (Å²) in [5.74, 6) is -15.1. The number of alkyl halides is 5. The maximum absolute atomic E-state index is 15.4. The normalized spacial score (nSPS) is 20.3. The highest BCUT2D eigenvalue weighted by molar-refractivity contribution is 5.72. The summed E-state index contributed by atoms with van der Waals surface area (Å²) in [6.45, 7) is 3.17. The molecule has 3 aliphatic rings. The van der Waals surface area contributed by atoms with Gasteiger partial charge in [-0.25, -0.2) is 26.3 Å². The summed E-state index contributed by atoms with van der Waals surface area (Å²) in [6.07, 6.45) is -6.56. The van der Waals surface area contributed by atoms with Crippen LogP contribution in [-0.4, -0.2) is 26.2 Å². The molecule has 0 saturated carbocycles. The van der Waals surface area contributed by atoms with Crippen molar-refractivity contribution in [3.8, 4) is 33.8 Å². The molecule has 0 spiro atoms. The first-order chi connectivity index (χ1) is 24.4. The van der Waals surface area contributed by atoms with Crippen molar-refractivity contribution < 1.29 is 72.0 Å². The van der Waals surface area contributed by atoms with E-state index in [9.17, 15) is 39.5 Å². The molecule has 3 fully saturated rings. The van der Waals surface area contributed by atoms with Gasteiger partial charge in [0.05, 0.1) is 19.8 Å². The van der Waals surface area contributed by atoms with Crippen LogP contribution in [0.4, 0.5) is 48.3 Å². The Labute approximate surface area is 288 Å². The average Bonchev–Trinajstić information content (AvgIpc) is 3.06. The predicted octanol–water partition coefficient (Wildman–Crippen LogP) is 10.6. The molecule has 7 rings (SSSR count). The lowest BCUT2D eigenvalue weighted by atomic mass is 9.82. The molecule has 3 saturated heterocycles. The zero-order chi connectivity index (χ0) is 37.6. The molecular weight excluding hydrogens is 721 g/mol. The van der Waals surface area contributed by atoms with Gasteiger partial charge in [0.2, 0.25) is 5.75 Å². The van der Waals surface area contributed by atoms with Crippen molar-refractivity contribution in [1.29, 1.82) is 0 Å². The van der Waals surface area contributed by atoms with Crippen LogP contribution < -0.4 is 9.47 Å². The molecule has 16 heteroatoms. The average molecular weight is 749 g/mol. The van der Waals surface area contributed by atoms with Crippen molar-refractivity contribution in [2.24, 2.45) is 5.41 Å². The summed E-state index contributed by atoms with van der Waals surface area (Å²) in [5.41, 5.74) is -3.20. The molecule has 0 amide bonds. The van der Waals surface area contributed by atoms with Crippen LogP contribution in [0.1, 0.15) is 43.7 Å². The summed E-state index contributed by atoms with van der Waals surface area (Å²) in [4.78, 5) is 0. The zero-order valence-corrected chi connectivity index (χ0v) is 26.9. The molecule has 4 aromatic rings. The lowest BCUT2D eigenvalue weighted by Crippen LogP contribution is -2.58. The molecule has 0 aliphatic carbocycles. The van der Waals surface area contributed by atoms with Gasteiger partial charge in [0, 0.05) is 34.2 Å². The molecule has 0 atom stereocenters. The fourth-order valence-corrected chi connectivity index (χ4v) is 6.08. The second-order valence-electron chi connectivity index (χ2n) is 12.5. The minimum atomic E-state index is -5.53. The molecule has 2 bridgehead atoms. The Morgan fingerprint density at radius 1 is 0.615 bits per heavy atom. The SMILES string of the molecule is CCCCCC12COC(c3ccc(-c4ccc(-c5cc(F)c(C(F)(F)Oc6cc(F)c(OC(F)(F)F)c(F)c6)c(F)c5)c(F)c4)c(F)c3)(OC1)OC2. The fraction of sp³-hybridized carbons (Fsp3) is 0.333. The van der Waals surface area contributed by atoms with Crippen molar-refractivity contribution in [3.63, 3.8) is 0 Å². The second kappa shape index (κ2) is 13.9. The van der Waals surface area contributed by atoms with Crippen molar-refractivity contribution in [2.75, 3.05) is 19.8 Å². The first kappa shape index (κ1) is 37.4. The van der Waals surface area contributed by atoms with Gasteiger partial charge in [-0.3, -0.25) is 0 Å². The minimum Gasteiger partial charge on any atom is -0.429 e. The Bertz CT molecular complexity index is 1910. The van der Waals surface area contributed by atoms with E-state index in [0.717, 1.165) is 43.9 Å². The highest BCUT2D eigenvalue weighted by atomic mass is 19.4. The smallest absolute Gasteiger partial charge is 0.429 e.